The summed E-state index contributed by atoms with van der Waals surface area (Å²) in [5, 5.41) is 11.6. The summed E-state index contributed by atoms with van der Waals surface area (Å²) in [6.45, 7) is 6.28. The lowest BCUT2D eigenvalue weighted by atomic mass is 9.90. The molecule has 1 aliphatic rings. The fourth-order valence-electron chi connectivity index (χ4n) is 4.70. The molecule has 0 aromatic heterocycles. The van der Waals surface area contributed by atoms with E-state index < -0.39 is 5.97 Å². The van der Waals surface area contributed by atoms with Crippen molar-refractivity contribution >= 4 is 22.4 Å². The largest absolute Gasteiger partial charge is 0.482 e. The Morgan fingerprint density at radius 1 is 1.18 bits per heavy atom. The Bertz CT molecular complexity index is 1090. The minimum atomic E-state index is -0.969. The standard InChI is InChI=1S/C28H33NO4/c1-20(25-12-6-9-22-8-3-4-11-26(22)25)7-5-10-24-18-29(15-16-32-24)23-14-13-21(2)27(17-23)33-19-28(30)31/h3-4,6,8-9,11-14,17,20,24H,5,7,10,15-16,18-19H2,1-2H3,(H,30,31)/t20-,24?/m0/s1. The second-order valence-corrected chi connectivity index (χ2v) is 8.97. The predicted octanol–water partition coefficient (Wildman–Crippen LogP) is 5.79. The normalized spacial score (nSPS) is 17.2. The number of aliphatic carboxylic acids is 1. The lowest BCUT2D eigenvalue weighted by molar-refractivity contribution is -0.139. The summed E-state index contributed by atoms with van der Waals surface area (Å²) >= 11 is 0. The van der Waals surface area contributed by atoms with Gasteiger partial charge in [-0.1, -0.05) is 61.9 Å². The number of rotatable bonds is 9. The molecule has 3 aromatic carbocycles. The van der Waals surface area contributed by atoms with E-state index in [1.807, 2.05) is 19.1 Å². The van der Waals surface area contributed by atoms with E-state index in [2.05, 4.69) is 60.4 Å². The zero-order chi connectivity index (χ0) is 23.2. The second-order valence-electron chi connectivity index (χ2n) is 8.97. The Labute approximate surface area is 195 Å². The van der Waals surface area contributed by atoms with Crippen LogP contribution in [0.15, 0.2) is 60.7 Å². The number of anilines is 1. The van der Waals surface area contributed by atoms with Crippen molar-refractivity contribution in [2.24, 2.45) is 0 Å². The van der Waals surface area contributed by atoms with E-state index >= 15 is 0 Å². The van der Waals surface area contributed by atoms with Gasteiger partial charge in [0.05, 0.1) is 12.7 Å². The SMILES string of the molecule is Cc1ccc(N2CCOC(CCC[C@H](C)c3cccc4ccccc34)C2)cc1OCC(=O)O. The summed E-state index contributed by atoms with van der Waals surface area (Å²) in [4.78, 5) is 13.2. The number of carbonyl (C=O) groups is 1. The summed E-state index contributed by atoms with van der Waals surface area (Å²) < 4.78 is 11.5. The van der Waals surface area contributed by atoms with Crippen molar-refractivity contribution in [3.63, 3.8) is 0 Å². The van der Waals surface area contributed by atoms with Crippen molar-refractivity contribution in [2.75, 3.05) is 31.2 Å². The molecule has 5 heteroatoms. The van der Waals surface area contributed by atoms with Crippen molar-refractivity contribution in [1.82, 2.24) is 0 Å². The van der Waals surface area contributed by atoms with E-state index in [4.69, 9.17) is 14.6 Å². The fourth-order valence-corrected chi connectivity index (χ4v) is 4.70. The summed E-state index contributed by atoms with van der Waals surface area (Å²) in [5.74, 6) is 0.160. The summed E-state index contributed by atoms with van der Waals surface area (Å²) in [6, 6.07) is 21.2. The Morgan fingerprint density at radius 3 is 2.85 bits per heavy atom. The topological polar surface area (TPSA) is 59.0 Å². The van der Waals surface area contributed by atoms with Gasteiger partial charge in [-0.15, -0.1) is 0 Å². The number of morpholine rings is 1. The number of benzene rings is 3. The molecule has 174 valence electrons. The molecule has 1 unspecified atom stereocenters. The fraction of sp³-hybridized carbons (Fsp3) is 0.393. The molecule has 0 aliphatic carbocycles. The van der Waals surface area contributed by atoms with Crippen molar-refractivity contribution in [3.8, 4) is 5.75 Å². The Morgan fingerprint density at radius 2 is 2.00 bits per heavy atom. The average molecular weight is 448 g/mol. The van der Waals surface area contributed by atoms with Crippen LogP contribution in [0.2, 0.25) is 0 Å². The van der Waals surface area contributed by atoms with Crippen LogP contribution in [-0.4, -0.2) is 43.5 Å². The highest BCUT2D eigenvalue weighted by atomic mass is 16.5. The molecule has 5 nitrogen and oxygen atoms in total. The maximum Gasteiger partial charge on any atom is 0.341 e. The zero-order valence-electron chi connectivity index (χ0n) is 19.5. The van der Waals surface area contributed by atoms with Crippen LogP contribution in [0.4, 0.5) is 5.69 Å². The van der Waals surface area contributed by atoms with Gasteiger partial charge in [-0.25, -0.2) is 4.79 Å². The summed E-state index contributed by atoms with van der Waals surface area (Å²) in [5.41, 5.74) is 3.42. The highest BCUT2D eigenvalue weighted by Crippen LogP contribution is 2.30. The lowest BCUT2D eigenvalue weighted by Crippen LogP contribution is -2.42. The molecule has 0 amide bonds. The minimum Gasteiger partial charge on any atom is -0.482 e. The number of ether oxygens (including phenoxy) is 2. The molecule has 0 radical (unpaired) electrons. The minimum absolute atomic E-state index is 0.197. The quantitative estimate of drug-likeness (QED) is 0.450. The molecule has 0 saturated carbocycles. The van der Waals surface area contributed by atoms with E-state index in [9.17, 15) is 4.79 Å². The average Bonchev–Trinajstić information content (AvgIpc) is 2.83. The first-order valence-electron chi connectivity index (χ1n) is 11.8. The van der Waals surface area contributed by atoms with E-state index in [1.165, 1.54) is 16.3 Å². The number of fused-ring (bicyclic) bond motifs is 1. The Hall–Kier alpha value is -3.05. The Kier molecular flexibility index (Phi) is 7.50. The highest BCUT2D eigenvalue weighted by Gasteiger charge is 2.22. The van der Waals surface area contributed by atoms with Crippen LogP contribution < -0.4 is 9.64 Å². The first-order valence-corrected chi connectivity index (χ1v) is 11.8. The van der Waals surface area contributed by atoms with Gasteiger partial charge in [-0.2, -0.15) is 0 Å². The third kappa shape index (κ3) is 5.85. The van der Waals surface area contributed by atoms with Crippen LogP contribution in [-0.2, 0) is 9.53 Å². The maximum absolute atomic E-state index is 10.9. The molecule has 3 aromatic rings. The third-order valence-corrected chi connectivity index (χ3v) is 6.54. The lowest BCUT2D eigenvalue weighted by Gasteiger charge is -2.35. The second kappa shape index (κ2) is 10.7. The van der Waals surface area contributed by atoms with Gasteiger partial charge in [0.1, 0.15) is 5.75 Å². The van der Waals surface area contributed by atoms with Gasteiger partial charge in [0.15, 0.2) is 6.61 Å². The van der Waals surface area contributed by atoms with Crippen LogP contribution in [0.5, 0.6) is 5.75 Å². The Balaban J connectivity index is 1.33. The molecule has 1 aliphatic heterocycles. The molecule has 1 N–H and O–H groups in total. The summed E-state index contributed by atoms with van der Waals surface area (Å²) in [7, 11) is 0. The van der Waals surface area contributed by atoms with Gasteiger partial charge in [0.25, 0.3) is 0 Å². The molecule has 1 fully saturated rings. The van der Waals surface area contributed by atoms with Gasteiger partial charge >= 0.3 is 5.97 Å². The molecule has 1 heterocycles. The molecular weight excluding hydrogens is 414 g/mol. The van der Waals surface area contributed by atoms with E-state index in [0.29, 0.717) is 18.3 Å². The smallest absolute Gasteiger partial charge is 0.341 e. The number of nitrogens with zero attached hydrogens (tertiary/aromatic N) is 1. The zero-order valence-corrected chi connectivity index (χ0v) is 19.5. The monoisotopic (exact) mass is 447 g/mol. The maximum atomic E-state index is 10.9. The van der Waals surface area contributed by atoms with Crippen molar-refractivity contribution in [2.45, 2.75) is 45.1 Å². The first kappa shape index (κ1) is 23.1. The van der Waals surface area contributed by atoms with Crippen molar-refractivity contribution in [3.05, 3.63) is 71.8 Å². The molecule has 0 bridgehead atoms. The van der Waals surface area contributed by atoms with Crippen LogP contribution in [0.3, 0.4) is 0 Å². The highest BCUT2D eigenvalue weighted by molar-refractivity contribution is 5.86. The van der Waals surface area contributed by atoms with Crippen LogP contribution >= 0.6 is 0 Å². The first-order chi connectivity index (χ1) is 16.0. The third-order valence-electron chi connectivity index (χ3n) is 6.54. The molecule has 0 spiro atoms. The van der Waals surface area contributed by atoms with Gasteiger partial charge in [-0.05, 0) is 53.6 Å². The van der Waals surface area contributed by atoms with Crippen LogP contribution in [0, 0.1) is 6.92 Å². The number of carboxylic acids is 1. The van der Waals surface area contributed by atoms with Gasteiger partial charge in [0.2, 0.25) is 0 Å². The van der Waals surface area contributed by atoms with E-state index in [-0.39, 0.29) is 12.7 Å². The van der Waals surface area contributed by atoms with Crippen molar-refractivity contribution in [1.29, 1.82) is 0 Å². The number of hydrogen-bond donors (Lipinski definition) is 1. The molecular formula is C28H33NO4. The summed E-state index contributed by atoms with van der Waals surface area (Å²) in [6.07, 6.45) is 3.47. The van der Waals surface area contributed by atoms with Gasteiger partial charge in [-0.3, -0.25) is 0 Å². The molecule has 1 saturated heterocycles. The predicted molar refractivity (Wildman–Crippen MR) is 132 cm³/mol. The molecule has 4 rings (SSSR count). The van der Waals surface area contributed by atoms with Crippen molar-refractivity contribution < 1.29 is 19.4 Å². The van der Waals surface area contributed by atoms with Gasteiger partial charge in [0, 0.05) is 24.8 Å². The van der Waals surface area contributed by atoms with E-state index in [0.717, 1.165) is 43.6 Å². The van der Waals surface area contributed by atoms with Gasteiger partial charge < -0.3 is 19.5 Å². The van der Waals surface area contributed by atoms with E-state index in [1.54, 1.807) is 0 Å². The van der Waals surface area contributed by atoms with Crippen LogP contribution in [0.1, 0.15) is 43.2 Å². The number of aryl methyl sites for hydroxylation is 1. The number of hydrogen-bond acceptors (Lipinski definition) is 4. The molecule has 2 atom stereocenters. The van der Waals surface area contributed by atoms with Crippen LogP contribution in [0.25, 0.3) is 10.8 Å². The number of carboxylic acid groups (broad SMARTS) is 1. The molecule has 33 heavy (non-hydrogen) atoms.